The van der Waals surface area contributed by atoms with Crippen molar-refractivity contribution < 1.29 is 18.8 Å². The summed E-state index contributed by atoms with van der Waals surface area (Å²) in [6, 6.07) is 0. The molecule has 1 aliphatic heterocycles. The van der Waals surface area contributed by atoms with E-state index in [0.717, 1.165) is 38.2 Å². The summed E-state index contributed by atoms with van der Waals surface area (Å²) in [6.45, 7) is 4.50. The number of aryl methyl sites for hydroxylation is 2. The lowest BCUT2D eigenvalue weighted by Gasteiger charge is -2.16. The van der Waals surface area contributed by atoms with Crippen LogP contribution in [0.4, 0.5) is 0 Å². The van der Waals surface area contributed by atoms with Crippen LogP contribution in [-0.2, 0) is 20.7 Å². The quantitative estimate of drug-likeness (QED) is 0.661. The lowest BCUT2D eigenvalue weighted by atomic mass is 10.0. The fourth-order valence-electron chi connectivity index (χ4n) is 2.46. The maximum absolute atomic E-state index is 12.0. The van der Waals surface area contributed by atoms with E-state index in [1.54, 1.807) is 14.0 Å². The molecule has 0 aromatic carbocycles. The summed E-state index contributed by atoms with van der Waals surface area (Å²) >= 11 is 0. The van der Waals surface area contributed by atoms with Crippen molar-refractivity contribution in [2.45, 2.75) is 26.2 Å². The monoisotopic (exact) mass is 297 g/mol. The van der Waals surface area contributed by atoms with Gasteiger partial charge in [-0.1, -0.05) is 5.16 Å². The van der Waals surface area contributed by atoms with Crippen molar-refractivity contribution in [1.29, 1.82) is 0 Å². The van der Waals surface area contributed by atoms with Crippen LogP contribution in [0, 0.1) is 12.8 Å². The van der Waals surface area contributed by atoms with Crippen molar-refractivity contribution in [3.8, 4) is 0 Å². The van der Waals surface area contributed by atoms with Crippen LogP contribution in [0.3, 0.4) is 0 Å². The van der Waals surface area contributed by atoms with Gasteiger partial charge in [0.25, 0.3) is 0 Å². The van der Waals surface area contributed by atoms with E-state index in [1.165, 1.54) is 0 Å². The van der Waals surface area contributed by atoms with Crippen LogP contribution >= 0.6 is 0 Å². The molecule has 1 saturated heterocycles. The van der Waals surface area contributed by atoms with E-state index in [2.05, 4.69) is 10.1 Å². The molecule has 0 radical (unpaired) electrons. The van der Waals surface area contributed by atoms with Gasteiger partial charge in [-0.2, -0.15) is 4.98 Å². The molecule has 7 nitrogen and oxygen atoms in total. The van der Waals surface area contributed by atoms with Gasteiger partial charge in [0.1, 0.15) is 6.61 Å². The van der Waals surface area contributed by atoms with Gasteiger partial charge < -0.3 is 18.9 Å². The Balaban J connectivity index is 1.64. The molecule has 0 bridgehead atoms. The molecular formula is C14H23N3O4. The number of carbonyl (C=O) groups is 1. The van der Waals surface area contributed by atoms with Crippen molar-refractivity contribution in [2.75, 3.05) is 40.0 Å². The second-order valence-electron chi connectivity index (χ2n) is 5.31. The van der Waals surface area contributed by atoms with Gasteiger partial charge in [-0.25, -0.2) is 0 Å². The molecule has 1 atom stereocenters. The van der Waals surface area contributed by atoms with E-state index in [4.69, 9.17) is 14.0 Å². The molecular weight excluding hydrogens is 274 g/mol. The van der Waals surface area contributed by atoms with Crippen molar-refractivity contribution in [2.24, 2.45) is 5.92 Å². The van der Waals surface area contributed by atoms with Crippen molar-refractivity contribution >= 4 is 5.91 Å². The highest BCUT2D eigenvalue weighted by Gasteiger charge is 2.26. The maximum atomic E-state index is 12.0. The van der Waals surface area contributed by atoms with E-state index in [-0.39, 0.29) is 12.5 Å². The Morgan fingerprint density at radius 2 is 2.33 bits per heavy atom. The molecule has 0 saturated carbocycles. The Morgan fingerprint density at radius 3 is 3.05 bits per heavy atom. The van der Waals surface area contributed by atoms with E-state index < -0.39 is 0 Å². The second-order valence-corrected chi connectivity index (χ2v) is 5.31. The summed E-state index contributed by atoms with van der Waals surface area (Å²) in [7, 11) is 1.61. The predicted octanol–water partition coefficient (Wildman–Crippen LogP) is 0.822. The van der Waals surface area contributed by atoms with Gasteiger partial charge in [0.15, 0.2) is 5.82 Å². The molecule has 0 aliphatic carbocycles. The summed E-state index contributed by atoms with van der Waals surface area (Å²) in [5.41, 5.74) is 0. The van der Waals surface area contributed by atoms with Gasteiger partial charge in [0, 0.05) is 33.5 Å². The number of likely N-dealkylation sites (tertiary alicyclic amines) is 1. The highest BCUT2D eigenvalue weighted by molar-refractivity contribution is 5.77. The van der Waals surface area contributed by atoms with Crippen LogP contribution in [0.25, 0.3) is 0 Å². The zero-order valence-corrected chi connectivity index (χ0v) is 12.7. The smallest absolute Gasteiger partial charge is 0.248 e. The Bertz CT molecular complexity index is 449. The van der Waals surface area contributed by atoms with Crippen LogP contribution < -0.4 is 0 Å². The molecule has 2 rings (SSSR count). The Kier molecular flexibility index (Phi) is 6.13. The zero-order valence-electron chi connectivity index (χ0n) is 12.7. The first-order chi connectivity index (χ1) is 10.2. The molecule has 1 aromatic rings. The van der Waals surface area contributed by atoms with Crippen LogP contribution in [0.1, 0.15) is 24.6 Å². The van der Waals surface area contributed by atoms with Gasteiger partial charge >= 0.3 is 0 Å². The molecule has 1 unspecified atom stereocenters. The molecule has 1 aromatic heterocycles. The summed E-state index contributed by atoms with van der Waals surface area (Å²) < 4.78 is 15.1. The van der Waals surface area contributed by atoms with Gasteiger partial charge in [-0.15, -0.1) is 0 Å². The van der Waals surface area contributed by atoms with Crippen molar-refractivity contribution in [1.82, 2.24) is 15.0 Å². The minimum Gasteiger partial charge on any atom is -0.382 e. The first-order valence-electron chi connectivity index (χ1n) is 7.32. The molecule has 1 aliphatic rings. The minimum absolute atomic E-state index is 0.0593. The molecule has 0 spiro atoms. The van der Waals surface area contributed by atoms with Gasteiger partial charge in [-0.3, -0.25) is 4.79 Å². The van der Waals surface area contributed by atoms with E-state index in [0.29, 0.717) is 25.0 Å². The largest absolute Gasteiger partial charge is 0.382 e. The normalized spacial score (nSPS) is 18.4. The third-order valence-electron chi connectivity index (χ3n) is 3.64. The number of hydrogen-bond donors (Lipinski definition) is 0. The first kappa shape index (κ1) is 15.9. The summed E-state index contributed by atoms with van der Waals surface area (Å²) in [5, 5.41) is 3.89. The van der Waals surface area contributed by atoms with Crippen molar-refractivity contribution in [3.05, 3.63) is 11.7 Å². The average molecular weight is 297 g/mol. The highest BCUT2D eigenvalue weighted by Crippen LogP contribution is 2.21. The Labute approximate surface area is 124 Å². The molecule has 1 fully saturated rings. The Morgan fingerprint density at radius 1 is 1.48 bits per heavy atom. The maximum Gasteiger partial charge on any atom is 0.248 e. The molecule has 1 amide bonds. The summed E-state index contributed by atoms with van der Waals surface area (Å²) in [5.74, 6) is 1.91. The van der Waals surface area contributed by atoms with Crippen LogP contribution in [0.2, 0.25) is 0 Å². The SMILES string of the molecule is COCCOCC(=O)N1CCC(CCc2noc(C)n2)C1. The Hall–Kier alpha value is -1.47. The first-order valence-corrected chi connectivity index (χ1v) is 7.32. The number of ether oxygens (including phenoxy) is 2. The topological polar surface area (TPSA) is 77.7 Å². The number of rotatable bonds is 8. The number of carbonyl (C=O) groups excluding carboxylic acids is 1. The highest BCUT2D eigenvalue weighted by atomic mass is 16.5. The van der Waals surface area contributed by atoms with Crippen LogP contribution in [0.5, 0.6) is 0 Å². The fraction of sp³-hybridized carbons (Fsp3) is 0.786. The second kappa shape index (κ2) is 8.09. The number of nitrogens with zero attached hydrogens (tertiary/aromatic N) is 3. The van der Waals surface area contributed by atoms with Gasteiger partial charge in [0.2, 0.25) is 11.8 Å². The van der Waals surface area contributed by atoms with Crippen LogP contribution in [0.15, 0.2) is 4.52 Å². The van der Waals surface area contributed by atoms with Gasteiger partial charge in [0.05, 0.1) is 13.2 Å². The third kappa shape index (κ3) is 5.09. The minimum atomic E-state index is 0.0593. The van der Waals surface area contributed by atoms with E-state index in [9.17, 15) is 4.79 Å². The van der Waals surface area contributed by atoms with Gasteiger partial charge in [-0.05, 0) is 18.8 Å². The third-order valence-corrected chi connectivity index (χ3v) is 3.64. The number of aromatic nitrogens is 2. The molecule has 7 heteroatoms. The molecule has 21 heavy (non-hydrogen) atoms. The molecule has 118 valence electrons. The molecule has 0 N–H and O–H groups in total. The average Bonchev–Trinajstić information content (AvgIpc) is 3.10. The number of hydrogen-bond acceptors (Lipinski definition) is 6. The van der Waals surface area contributed by atoms with Crippen LogP contribution in [-0.4, -0.2) is 61.0 Å². The summed E-state index contributed by atoms with van der Waals surface area (Å²) in [6.07, 6.45) is 2.81. The number of amides is 1. The standard InChI is InChI=1S/C14H23N3O4/c1-11-15-13(16-21-11)4-3-12-5-6-17(9-12)14(18)10-20-8-7-19-2/h12H,3-10H2,1-2H3. The van der Waals surface area contributed by atoms with Crippen molar-refractivity contribution in [3.63, 3.8) is 0 Å². The van der Waals surface area contributed by atoms with E-state index >= 15 is 0 Å². The zero-order chi connectivity index (χ0) is 15.1. The fourth-order valence-corrected chi connectivity index (χ4v) is 2.46. The lowest BCUT2D eigenvalue weighted by Crippen LogP contribution is -2.32. The van der Waals surface area contributed by atoms with E-state index in [1.807, 2.05) is 4.90 Å². The molecule has 2 heterocycles. The summed E-state index contributed by atoms with van der Waals surface area (Å²) in [4.78, 5) is 18.0. The predicted molar refractivity (Wildman–Crippen MR) is 74.7 cm³/mol. The lowest BCUT2D eigenvalue weighted by molar-refractivity contribution is -0.135. The number of methoxy groups -OCH3 is 1.